The summed E-state index contributed by atoms with van der Waals surface area (Å²) < 4.78 is 4.52. The van der Waals surface area contributed by atoms with E-state index in [1.807, 2.05) is 0 Å². The quantitative estimate of drug-likeness (QED) is 0.253. The number of aldehydes is 1. The van der Waals surface area contributed by atoms with Gasteiger partial charge in [0.05, 0.1) is 0 Å². The Bertz CT molecular complexity index is 150. The van der Waals surface area contributed by atoms with Crippen LogP contribution in [0.2, 0.25) is 0 Å². The smallest absolute Gasteiger partial charge is 0.409 e. The number of ether oxygens (including phenoxy) is 1. The number of alkyl carbamates (subject to hydrolysis) is 1. The number of hydroxylamine groups is 1. The van der Waals surface area contributed by atoms with Crippen LogP contribution in [0.15, 0.2) is 0 Å². The third kappa shape index (κ3) is 5.63. The zero-order valence-electron chi connectivity index (χ0n) is 6.99. The van der Waals surface area contributed by atoms with Crippen molar-refractivity contribution in [3.05, 3.63) is 0 Å². The number of hydrogen-bond acceptors (Lipinski definition) is 5. The van der Waals surface area contributed by atoms with Crippen LogP contribution >= 0.6 is 0 Å². The lowest BCUT2D eigenvalue weighted by atomic mass is 10.5. The molecule has 1 unspecified atom stereocenters. The maximum absolute atomic E-state index is 10.7. The van der Waals surface area contributed by atoms with Crippen molar-refractivity contribution in [3.8, 4) is 0 Å². The molecule has 12 heavy (non-hydrogen) atoms. The van der Waals surface area contributed by atoms with E-state index in [2.05, 4.69) is 20.4 Å². The summed E-state index contributed by atoms with van der Waals surface area (Å²) in [5.74, 6) is 0. The van der Waals surface area contributed by atoms with Crippen LogP contribution in [-0.2, 0) is 14.4 Å². The van der Waals surface area contributed by atoms with Crippen LogP contribution in [-0.4, -0.2) is 32.3 Å². The third-order valence-electron chi connectivity index (χ3n) is 0.918. The van der Waals surface area contributed by atoms with Gasteiger partial charge >= 0.3 is 6.09 Å². The van der Waals surface area contributed by atoms with Crippen LogP contribution in [0.3, 0.4) is 0 Å². The van der Waals surface area contributed by atoms with Gasteiger partial charge in [-0.3, -0.25) is 14.9 Å². The Morgan fingerprint density at radius 3 is 2.83 bits per heavy atom. The predicted molar refractivity (Wildman–Crippen MR) is 40.2 cm³/mol. The van der Waals surface area contributed by atoms with Crippen molar-refractivity contribution >= 4 is 12.4 Å². The maximum atomic E-state index is 10.7. The SMILES string of the molecule is CNOCNC(=O)OC(C)C=O. The minimum Gasteiger partial charge on any atom is -0.439 e. The fraction of sp³-hybridized carbons (Fsp3) is 0.667. The zero-order chi connectivity index (χ0) is 9.40. The molecule has 0 aliphatic heterocycles. The topological polar surface area (TPSA) is 76.7 Å². The van der Waals surface area contributed by atoms with Crippen molar-refractivity contribution in [3.63, 3.8) is 0 Å². The maximum Gasteiger partial charge on any atom is 0.409 e. The number of hydrogen-bond donors (Lipinski definition) is 2. The van der Waals surface area contributed by atoms with Gasteiger partial charge in [0.15, 0.2) is 12.4 Å². The van der Waals surface area contributed by atoms with E-state index in [0.29, 0.717) is 6.29 Å². The Kier molecular flexibility index (Phi) is 5.94. The van der Waals surface area contributed by atoms with Crippen LogP contribution in [0.4, 0.5) is 4.79 Å². The average Bonchev–Trinajstić information content (AvgIpc) is 2.05. The summed E-state index contributed by atoms with van der Waals surface area (Å²) in [6.07, 6.45) is -0.900. The van der Waals surface area contributed by atoms with Gasteiger partial charge in [0.25, 0.3) is 0 Å². The van der Waals surface area contributed by atoms with E-state index in [9.17, 15) is 9.59 Å². The van der Waals surface area contributed by atoms with Gasteiger partial charge in [-0.1, -0.05) is 0 Å². The molecule has 0 fully saturated rings. The molecule has 70 valence electrons. The van der Waals surface area contributed by atoms with Gasteiger partial charge < -0.3 is 4.74 Å². The van der Waals surface area contributed by atoms with Gasteiger partial charge in [0, 0.05) is 7.05 Å². The summed E-state index contributed by atoms with van der Waals surface area (Å²) in [6.45, 7) is 1.45. The van der Waals surface area contributed by atoms with Crippen LogP contribution < -0.4 is 10.8 Å². The van der Waals surface area contributed by atoms with Crippen LogP contribution in [0, 0.1) is 0 Å². The molecule has 0 saturated heterocycles. The molecule has 1 amide bonds. The highest BCUT2D eigenvalue weighted by Crippen LogP contribution is 1.85. The van der Waals surface area contributed by atoms with Crippen molar-refractivity contribution in [2.75, 3.05) is 13.8 Å². The Hall–Kier alpha value is -1.14. The lowest BCUT2D eigenvalue weighted by Crippen LogP contribution is -2.32. The largest absolute Gasteiger partial charge is 0.439 e. The number of amides is 1. The molecule has 6 heteroatoms. The second kappa shape index (κ2) is 6.56. The lowest BCUT2D eigenvalue weighted by molar-refractivity contribution is -0.114. The van der Waals surface area contributed by atoms with Crippen LogP contribution in [0.25, 0.3) is 0 Å². The average molecular weight is 176 g/mol. The van der Waals surface area contributed by atoms with E-state index in [1.165, 1.54) is 6.92 Å². The molecule has 0 radical (unpaired) electrons. The van der Waals surface area contributed by atoms with Gasteiger partial charge in [-0.25, -0.2) is 10.3 Å². The fourth-order valence-electron chi connectivity index (χ4n) is 0.405. The summed E-state index contributed by atoms with van der Waals surface area (Å²) in [5, 5.41) is 2.24. The summed E-state index contributed by atoms with van der Waals surface area (Å²) in [6, 6.07) is 0. The highest BCUT2D eigenvalue weighted by Gasteiger charge is 2.05. The first-order valence-corrected chi connectivity index (χ1v) is 3.39. The second-order valence-electron chi connectivity index (χ2n) is 1.92. The molecule has 0 aliphatic rings. The second-order valence-corrected chi connectivity index (χ2v) is 1.92. The Morgan fingerprint density at radius 2 is 2.33 bits per heavy atom. The molecule has 0 heterocycles. The molecule has 0 aromatic heterocycles. The van der Waals surface area contributed by atoms with E-state index in [-0.39, 0.29) is 6.73 Å². The predicted octanol–water partition coefficient (Wildman–Crippen LogP) is -0.592. The van der Waals surface area contributed by atoms with E-state index in [0.717, 1.165) is 0 Å². The number of nitrogens with one attached hydrogen (secondary N) is 2. The summed E-state index contributed by atoms with van der Waals surface area (Å²) in [5.41, 5.74) is 2.35. The van der Waals surface area contributed by atoms with Crippen LogP contribution in [0.5, 0.6) is 0 Å². The van der Waals surface area contributed by atoms with Crippen molar-refractivity contribution in [1.29, 1.82) is 0 Å². The molecule has 0 aromatic rings. The number of carbonyl (C=O) groups is 2. The minimum atomic E-state index is -0.736. The number of carbonyl (C=O) groups excluding carboxylic acids is 2. The standard InChI is InChI=1S/C6H12N2O4/c1-5(3-9)12-6(10)8-4-11-7-2/h3,5,7H,4H2,1-2H3,(H,8,10). The first-order valence-electron chi connectivity index (χ1n) is 3.39. The van der Waals surface area contributed by atoms with Crippen LogP contribution in [0.1, 0.15) is 6.92 Å². The van der Waals surface area contributed by atoms with Crippen molar-refractivity contribution in [2.45, 2.75) is 13.0 Å². The molecule has 0 bridgehead atoms. The van der Waals surface area contributed by atoms with Gasteiger partial charge in [-0.15, -0.1) is 0 Å². The van der Waals surface area contributed by atoms with Gasteiger partial charge in [0.2, 0.25) is 0 Å². The number of rotatable bonds is 5. The molecular formula is C6H12N2O4. The summed E-state index contributed by atoms with van der Waals surface area (Å²) >= 11 is 0. The summed E-state index contributed by atoms with van der Waals surface area (Å²) in [7, 11) is 1.56. The molecule has 1 atom stereocenters. The van der Waals surface area contributed by atoms with Crippen molar-refractivity contribution in [2.24, 2.45) is 0 Å². The van der Waals surface area contributed by atoms with E-state index in [4.69, 9.17) is 0 Å². The van der Waals surface area contributed by atoms with E-state index in [1.54, 1.807) is 7.05 Å². The molecular weight excluding hydrogens is 164 g/mol. The molecule has 0 saturated carbocycles. The van der Waals surface area contributed by atoms with Crippen molar-refractivity contribution in [1.82, 2.24) is 10.8 Å². The highest BCUT2D eigenvalue weighted by atomic mass is 16.7. The molecule has 0 aromatic carbocycles. The Labute approximate surface area is 70.2 Å². The Morgan fingerprint density at radius 1 is 1.67 bits per heavy atom. The molecule has 0 aliphatic carbocycles. The molecule has 2 N–H and O–H groups in total. The van der Waals surface area contributed by atoms with Crippen molar-refractivity contribution < 1.29 is 19.2 Å². The monoisotopic (exact) mass is 176 g/mol. The first kappa shape index (κ1) is 10.9. The third-order valence-corrected chi connectivity index (χ3v) is 0.918. The normalized spacial score (nSPS) is 11.8. The van der Waals surface area contributed by atoms with Gasteiger partial charge in [-0.2, -0.15) is 0 Å². The van der Waals surface area contributed by atoms with E-state index < -0.39 is 12.2 Å². The summed E-state index contributed by atoms with van der Waals surface area (Å²) in [4.78, 5) is 25.3. The fourth-order valence-corrected chi connectivity index (χ4v) is 0.405. The Balaban J connectivity index is 3.39. The molecule has 0 rings (SSSR count). The molecule has 0 spiro atoms. The van der Waals surface area contributed by atoms with E-state index >= 15 is 0 Å². The van der Waals surface area contributed by atoms with Gasteiger partial charge in [-0.05, 0) is 6.92 Å². The minimum absolute atomic E-state index is 0.0130. The van der Waals surface area contributed by atoms with Gasteiger partial charge in [0.1, 0.15) is 6.73 Å². The zero-order valence-corrected chi connectivity index (χ0v) is 6.99. The first-order chi connectivity index (χ1) is 5.70. The lowest BCUT2D eigenvalue weighted by Gasteiger charge is -2.07. The highest BCUT2D eigenvalue weighted by molar-refractivity contribution is 5.70. The molecule has 6 nitrogen and oxygen atoms in total.